The summed E-state index contributed by atoms with van der Waals surface area (Å²) < 4.78 is 5.47. The maximum Gasteiger partial charge on any atom is 0.227 e. The minimum absolute atomic E-state index is 0.00163. The number of nitrogens with one attached hydrogen (secondary N) is 3. The minimum atomic E-state index is -0.00163. The lowest BCUT2D eigenvalue weighted by Gasteiger charge is -2.27. The van der Waals surface area contributed by atoms with E-state index in [1.165, 1.54) is 0 Å². The molecule has 3 N–H and O–H groups in total. The molecule has 178 valence electrons. The highest BCUT2D eigenvalue weighted by molar-refractivity contribution is 5.94. The molecule has 0 spiro atoms. The molecule has 0 saturated heterocycles. The summed E-state index contributed by atoms with van der Waals surface area (Å²) in [5.41, 5.74) is 5.63. The number of anilines is 3. The molecular weight excluding hydrogens is 436 g/mol. The molecule has 4 aromatic rings. The first-order chi connectivity index (χ1) is 17.2. The molecule has 1 aromatic heterocycles. The summed E-state index contributed by atoms with van der Waals surface area (Å²) in [7, 11) is 1.73. The number of benzene rings is 3. The Balaban J connectivity index is 1.26. The second-order valence-electron chi connectivity index (χ2n) is 9.03. The van der Waals surface area contributed by atoms with E-state index in [0.717, 1.165) is 64.9 Å². The first kappa shape index (κ1) is 22.9. The molecule has 1 fully saturated rings. The Morgan fingerprint density at radius 1 is 0.971 bits per heavy atom. The van der Waals surface area contributed by atoms with E-state index in [0.29, 0.717) is 0 Å². The average Bonchev–Trinajstić information content (AvgIpc) is 3.30. The van der Waals surface area contributed by atoms with Gasteiger partial charge in [-0.3, -0.25) is 9.89 Å². The van der Waals surface area contributed by atoms with Crippen molar-refractivity contribution in [3.05, 3.63) is 84.1 Å². The lowest BCUT2D eigenvalue weighted by molar-refractivity contribution is -0.122. The highest BCUT2D eigenvalue weighted by Crippen LogP contribution is 2.29. The number of aromatic amines is 1. The van der Waals surface area contributed by atoms with Gasteiger partial charge in [0.05, 0.1) is 17.3 Å². The van der Waals surface area contributed by atoms with Gasteiger partial charge in [-0.1, -0.05) is 48.9 Å². The molecule has 0 radical (unpaired) electrons. The smallest absolute Gasteiger partial charge is 0.227 e. The van der Waals surface area contributed by atoms with Gasteiger partial charge in [0.15, 0.2) is 0 Å². The Hall–Kier alpha value is -3.90. The van der Waals surface area contributed by atoms with Gasteiger partial charge in [0.1, 0.15) is 0 Å². The molecule has 1 aliphatic rings. The van der Waals surface area contributed by atoms with Crippen LogP contribution in [0.1, 0.15) is 36.9 Å². The summed E-state index contributed by atoms with van der Waals surface area (Å²) in [6.07, 6.45) is 8.02. The number of methoxy groups -OCH3 is 1. The minimum Gasteiger partial charge on any atom is -0.381 e. The van der Waals surface area contributed by atoms with Crippen molar-refractivity contribution in [3.8, 4) is 0 Å². The molecule has 0 aliphatic heterocycles. The number of carbonyl (C=O) groups is 1. The number of fused-ring (bicyclic) bond motifs is 1. The molecule has 35 heavy (non-hydrogen) atoms. The first-order valence-electron chi connectivity index (χ1n) is 12.1. The molecule has 1 amide bonds. The van der Waals surface area contributed by atoms with Crippen LogP contribution in [-0.4, -0.2) is 29.3 Å². The molecule has 0 bridgehead atoms. The van der Waals surface area contributed by atoms with Gasteiger partial charge in [-0.05, 0) is 67.3 Å². The molecule has 1 saturated carbocycles. The Kier molecular flexibility index (Phi) is 6.91. The van der Waals surface area contributed by atoms with E-state index in [1.54, 1.807) is 7.11 Å². The van der Waals surface area contributed by atoms with Gasteiger partial charge in [0, 0.05) is 35.5 Å². The van der Waals surface area contributed by atoms with Crippen LogP contribution in [0.3, 0.4) is 0 Å². The number of H-pyrrole nitrogens is 1. The second kappa shape index (κ2) is 10.6. The van der Waals surface area contributed by atoms with Crippen molar-refractivity contribution >= 4 is 46.0 Å². The lowest BCUT2D eigenvalue weighted by Crippen LogP contribution is -2.30. The SMILES string of the molecule is COC1CCCC(C(=O)Nc2cccc(Nc3ccc4c(/C=C/c5ccccc5)n[nH]c4c3)c2)C1. The molecule has 1 aliphatic carbocycles. The fraction of sp³-hybridized carbons (Fsp3) is 0.241. The van der Waals surface area contributed by atoms with Crippen molar-refractivity contribution in [3.63, 3.8) is 0 Å². The van der Waals surface area contributed by atoms with Crippen LogP contribution in [0.15, 0.2) is 72.8 Å². The zero-order chi connectivity index (χ0) is 24.0. The first-order valence-corrected chi connectivity index (χ1v) is 12.1. The predicted octanol–water partition coefficient (Wildman–Crippen LogP) is 6.62. The highest BCUT2D eigenvalue weighted by Gasteiger charge is 2.27. The maximum absolute atomic E-state index is 12.8. The van der Waals surface area contributed by atoms with E-state index in [4.69, 9.17) is 4.74 Å². The van der Waals surface area contributed by atoms with Crippen LogP contribution in [0.5, 0.6) is 0 Å². The summed E-state index contributed by atoms with van der Waals surface area (Å²) in [6, 6.07) is 24.1. The molecule has 6 heteroatoms. The molecule has 3 aromatic carbocycles. The monoisotopic (exact) mass is 466 g/mol. The fourth-order valence-electron chi connectivity index (χ4n) is 4.67. The van der Waals surface area contributed by atoms with Crippen LogP contribution in [0.25, 0.3) is 23.1 Å². The van der Waals surface area contributed by atoms with Crippen molar-refractivity contribution in [2.24, 2.45) is 5.92 Å². The lowest BCUT2D eigenvalue weighted by atomic mass is 9.86. The van der Waals surface area contributed by atoms with Crippen LogP contribution in [-0.2, 0) is 9.53 Å². The van der Waals surface area contributed by atoms with Crippen LogP contribution >= 0.6 is 0 Å². The molecule has 2 unspecified atom stereocenters. The normalized spacial score (nSPS) is 18.1. The topological polar surface area (TPSA) is 79.0 Å². The fourth-order valence-corrected chi connectivity index (χ4v) is 4.67. The quantitative estimate of drug-likeness (QED) is 0.286. The third-order valence-electron chi connectivity index (χ3n) is 6.57. The average molecular weight is 467 g/mol. The van der Waals surface area contributed by atoms with Crippen molar-refractivity contribution in [2.45, 2.75) is 31.8 Å². The number of nitrogens with zero attached hydrogens (tertiary/aromatic N) is 1. The number of rotatable bonds is 7. The Bertz CT molecular complexity index is 1330. The van der Waals surface area contributed by atoms with E-state index in [2.05, 4.69) is 45.1 Å². The largest absolute Gasteiger partial charge is 0.381 e. The molecule has 5 rings (SSSR count). The molecule has 6 nitrogen and oxygen atoms in total. The Labute approximate surface area is 205 Å². The summed E-state index contributed by atoms with van der Waals surface area (Å²) in [6.45, 7) is 0. The maximum atomic E-state index is 12.8. The van der Waals surface area contributed by atoms with E-state index >= 15 is 0 Å². The van der Waals surface area contributed by atoms with E-state index < -0.39 is 0 Å². The summed E-state index contributed by atoms with van der Waals surface area (Å²) in [5, 5.41) is 15.2. The molecular formula is C29H30N4O2. The van der Waals surface area contributed by atoms with Gasteiger partial charge < -0.3 is 15.4 Å². The van der Waals surface area contributed by atoms with Crippen LogP contribution in [0.4, 0.5) is 17.1 Å². The van der Waals surface area contributed by atoms with Crippen LogP contribution < -0.4 is 10.6 Å². The van der Waals surface area contributed by atoms with Crippen LogP contribution in [0, 0.1) is 5.92 Å². The van der Waals surface area contributed by atoms with Crippen LogP contribution in [0.2, 0.25) is 0 Å². The third kappa shape index (κ3) is 5.61. The number of hydrogen-bond acceptors (Lipinski definition) is 4. The van der Waals surface area contributed by atoms with Crippen molar-refractivity contribution < 1.29 is 9.53 Å². The van der Waals surface area contributed by atoms with Gasteiger partial charge in [-0.2, -0.15) is 5.10 Å². The van der Waals surface area contributed by atoms with Gasteiger partial charge in [0.2, 0.25) is 5.91 Å². The zero-order valence-corrected chi connectivity index (χ0v) is 19.8. The molecule has 1 heterocycles. The number of amides is 1. The number of hydrogen-bond donors (Lipinski definition) is 3. The van der Waals surface area contributed by atoms with E-state index in [-0.39, 0.29) is 17.9 Å². The van der Waals surface area contributed by atoms with Gasteiger partial charge in [-0.25, -0.2) is 0 Å². The highest BCUT2D eigenvalue weighted by atomic mass is 16.5. The zero-order valence-electron chi connectivity index (χ0n) is 19.8. The Morgan fingerprint density at radius 2 is 1.80 bits per heavy atom. The number of ether oxygens (including phenoxy) is 1. The summed E-state index contributed by atoms with van der Waals surface area (Å²) in [4.78, 5) is 12.8. The van der Waals surface area contributed by atoms with Crippen molar-refractivity contribution in [2.75, 3.05) is 17.7 Å². The molecule has 2 atom stereocenters. The van der Waals surface area contributed by atoms with Crippen molar-refractivity contribution in [1.82, 2.24) is 10.2 Å². The van der Waals surface area contributed by atoms with Crippen molar-refractivity contribution in [1.29, 1.82) is 0 Å². The standard InChI is InChI=1S/C29H30N4O2/c1-35-25-12-5-9-21(17-25)29(34)31-23-11-6-10-22(18-23)30-24-14-15-26-27(32-33-28(26)19-24)16-13-20-7-3-2-4-8-20/h2-4,6-8,10-11,13-16,18-19,21,25,30H,5,9,12,17H2,1H3,(H,31,34)(H,32,33)/b16-13+. The predicted molar refractivity (Wildman–Crippen MR) is 143 cm³/mol. The van der Waals surface area contributed by atoms with Gasteiger partial charge in [0.25, 0.3) is 0 Å². The summed E-state index contributed by atoms with van der Waals surface area (Å²) in [5.74, 6) is 0.0668. The number of aromatic nitrogens is 2. The van der Waals surface area contributed by atoms with Gasteiger partial charge >= 0.3 is 0 Å². The van der Waals surface area contributed by atoms with E-state index in [1.807, 2.05) is 60.7 Å². The second-order valence-corrected chi connectivity index (χ2v) is 9.03. The Morgan fingerprint density at radius 3 is 2.66 bits per heavy atom. The third-order valence-corrected chi connectivity index (χ3v) is 6.57. The van der Waals surface area contributed by atoms with E-state index in [9.17, 15) is 4.79 Å². The van der Waals surface area contributed by atoms with Gasteiger partial charge in [-0.15, -0.1) is 0 Å². The summed E-state index contributed by atoms with van der Waals surface area (Å²) >= 11 is 0. The number of carbonyl (C=O) groups excluding carboxylic acids is 1.